The van der Waals surface area contributed by atoms with Gasteiger partial charge in [0.1, 0.15) is 11.2 Å². The first-order chi connectivity index (χ1) is 21.2. The first-order valence-corrected chi connectivity index (χ1v) is 19.1. The molecule has 0 saturated heterocycles. The number of rotatable bonds is 9. The number of hydrogen-bond donors (Lipinski definition) is 2. The third-order valence-electron chi connectivity index (χ3n) is 6.30. The van der Waals surface area contributed by atoms with E-state index in [9.17, 15) is 19.2 Å². The van der Waals surface area contributed by atoms with E-state index in [1.807, 2.05) is 0 Å². The molecule has 0 fully saturated rings. The number of ether oxygens (including phenoxy) is 3. The zero-order valence-electron chi connectivity index (χ0n) is 27.9. The first kappa shape index (κ1) is 36.3. The lowest BCUT2D eigenvalue weighted by Crippen LogP contribution is -2.27. The summed E-state index contributed by atoms with van der Waals surface area (Å²) in [6.07, 6.45) is -0.682. The molecule has 11 heteroatoms. The Labute approximate surface area is 277 Å². The first-order valence-electron chi connectivity index (χ1n) is 15.0. The van der Waals surface area contributed by atoms with Crippen LogP contribution in [0.15, 0.2) is 60.7 Å². The average Bonchev–Trinajstić information content (AvgIpc) is 2.91. The lowest BCUT2D eigenvalue weighted by atomic mass is 9.93. The number of halogens is 1. The lowest BCUT2D eigenvalue weighted by molar-refractivity contribution is 0.00700. The molecule has 9 nitrogen and oxygen atoms in total. The van der Waals surface area contributed by atoms with Crippen molar-refractivity contribution in [1.29, 1.82) is 0 Å². The van der Waals surface area contributed by atoms with Gasteiger partial charge in [-0.2, -0.15) is 0 Å². The van der Waals surface area contributed by atoms with Gasteiger partial charge in [-0.05, 0) is 89.5 Å². The van der Waals surface area contributed by atoms with Gasteiger partial charge in [-0.15, -0.1) is 0 Å². The Hall–Kier alpha value is -4.15. The second-order valence-electron chi connectivity index (χ2n) is 14.0. The maximum atomic E-state index is 13.8. The lowest BCUT2D eigenvalue weighted by Gasteiger charge is -2.22. The maximum Gasteiger partial charge on any atom is 0.412 e. The number of benzene rings is 3. The van der Waals surface area contributed by atoms with Crippen LogP contribution in [0.5, 0.6) is 0 Å². The van der Waals surface area contributed by atoms with E-state index < -0.39 is 43.2 Å². The van der Waals surface area contributed by atoms with Crippen LogP contribution in [0, 0.1) is 0 Å². The second kappa shape index (κ2) is 14.5. The summed E-state index contributed by atoms with van der Waals surface area (Å²) in [5.74, 6) is -1.82. The highest BCUT2D eigenvalue weighted by molar-refractivity contribution is 6.76. The van der Waals surface area contributed by atoms with Gasteiger partial charge in [0.2, 0.25) is 0 Å². The molecule has 246 valence electrons. The standard InChI is InChI=1S/C35H43ClN2O7Si/c1-34(2,3)44-32(41)25-21-22(31(40)43-19-20-46(7,8)9)17-18-23(25)29-24(13-12-14-26(29)36)30(39)37-27-15-10-11-16-28(27)38-33(42)45-35(4,5)6/h10-18,21H,19-20H2,1-9H3,(H,37,39)(H,38,42). The summed E-state index contributed by atoms with van der Waals surface area (Å²) < 4.78 is 16.6. The molecule has 0 aliphatic heterocycles. The van der Waals surface area contributed by atoms with Crippen LogP contribution in [-0.2, 0) is 14.2 Å². The summed E-state index contributed by atoms with van der Waals surface area (Å²) in [5.41, 5.74) is -0.00709. The van der Waals surface area contributed by atoms with Gasteiger partial charge in [0, 0.05) is 24.2 Å². The molecule has 46 heavy (non-hydrogen) atoms. The fourth-order valence-corrected chi connectivity index (χ4v) is 5.21. The highest BCUT2D eigenvalue weighted by Crippen LogP contribution is 2.36. The van der Waals surface area contributed by atoms with E-state index in [1.165, 1.54) is 12.1 Å². The number of carbonyl (C=O) groups excluding carboxylic acids is 4. The van der Waals surface area contributed by atoms with Gasteiger partial charge in [0.25, 0.3) is 5.91 Å². The third-order valence-corrected chi connectivity index (χ3v) is 8.32. The number of esters is 2. The fraction of sp³-hybridized carbons (Fsp3) is 0.371. The van der Waals surface area contributed by atoms with Gasteiger partial charge < -0.3 is 19.5 Å². The molecule has 3 rings (SSSR count). The van der Waals surface area contributed by atoms with E-state index in [0.29, 0.717) is 16.9 Å². The van der Waals surface area contributed by atoms with Crippen molar-refractivity contribution in [2.75, 3.05) is 17.2 Å². The van der Waals surface area contributed by atoms with Crippen LogP contribution >= 0.6 is 11.6 Å². The molecule has 0 bridgehead atoms. The minimum absolute atomic E-state index is 0.0451. The number of nitrogens with one attached hydrogen (secondary N) is 2. The zero-order chi connectivity index (χ0) is 34.4. The average molecular weight is 667 g/mol. The number of para-hydroxylation sites is 2. The number of anilines is 2. The molecule has 2 amide bonds. The van der Waals surface area contributed by atoms with Crippen LogP contribution in [-0.4, -0.2) is 49.8 Å². The summed E-state index contributed by atoms with van der Waals surface area (Å²) in [6, 6.07) is 16.7. The minimum Gasteiger partial charge on any atom is -0.462 e. The van der Waals surface area contributed by atoms with E-state index in [2.05, 4.69) is 30.3 Å². The van der Waals surface area contributed by atoms with Crippen LogP contribution in [0.25, 0.3) is 11.1 Å². The van der Waals surface area contributed by atoms with Crippen LogP contribution < -0.4 is 10.6 Å². The molecule has 2 N–H and O–H groups in total. The maximum absolute atomic E-state index is 13.8. The molecule has 0 aromatic heterocycles. The van der Waals surface area contributed by atoms with Gasteiger partial charge in [-0.25, -0.2) is 14.4 Å². The summed E-state index contributed by atoms with van der Waals surface area (Å²) >= 11 is 6.70. The molecular formula is C35H43ClN2O7Si. The van der Waals surface area contributed by atoms with Crippen molar-refractivity contribution in [3.8, 4) is 11.1 Å². The molecule has 0 radical (unpaired) electrons. The van der Waals surface area contributed by atoms with Gasteiger partial charge in [0.15, 0.2) is 0 Å². The van der Waals surface area contributed by atoms with Crippen molar-refractivity contribution in [3.63, 3.8) is 0 Å². The number of hydrogen-bond acceptors (Lipinski definition) is 7. The minimum atomic E-state index is -1.44. The number of amides is 2. The summed E-state index contributed by atoms with van der Waals surface area (Å²) in [6.45, 7) is 17.3. The molecule has 0 aliphatic carbocycles. The summed E-state index contributed by atoms with van der Waals surface area (Å²) in [7, 11) is -1.44. The normalized spacial score (nSPS) is 11.8. The third kappa shape index (κ3) is 10.7. The molecule has 0 heterocycles. The van der Waals surface area contributed by atoms with Crippen LogP contribution in [0.4, 0.5) is 16.2 Å². The van der Waals surface area contributed by atoms with E-state index in [-0.39, 0.29) is 33.9 Å². The van der Waals surface area contributed by atoms with Crippen LogP contribution in [0.3, 0.4) is 0 Å². The van der Waals surface area contributed by atoms with Gasteiger partial charge in [0.05, 0.1) is 29.1 Å². The van der Waals surface area contributed by atoms with Crippen LogP contribution in [0.1, 0.15) is 72.6 Å². The van der Waals surface area contributed by atoms with Crippen molar-refractivity contribution in [3.05, 3.63) is 82.4 Å². The predicted octanol–water partition coefficient (Wildman–Crippen LogP) is 9.06. The molecule has 3 aromatic carbocycles. The van der Waals surface area contributed by atoms with Crippen molar-refractivity contribution < 1.29 is 33.4 Å². The Morgan fingerprint density at radius 1 is 0.739 bits per heavy atom. The smallest absolute Gasteiger partial charge is 0.412 e. The summed E-state index contributed by atoms with van der Waals surface area (Å²) in [5, 5.41) is 5.69. The number of carbonyl (C=O) groups is 4. The largest absolute Gasteiger partial charge is 0.462 e. The van der Waals surface area contributed by atoms with Gasteiger partial charge >= 0.3 is 18.0 Å². The molecule has 0 spiro atoms. The molecule has 0 unspecified atom stereocenters. The van der Waals surface area contributed by atoms with E-state index in [0.717, 1.165) is 6.04 Å². The molecule has 3 aromatic rings. The van der Waals surface area contributed by atoms with Crippen molar-refractivity contribution in [2.45, 2.75) is 78.4 Å². The highest BCUT2D eigenvalue weighted by Gasteiger charge is 2.27. The predicted molar refractivity (Wildman–Crippen MR) is 185 cm³/mol. The second-order valence-corrected chi connectivity index (χ2v) is 20.0. The Morgan fingerprint density at radius 2 is 1.35 bits per heavy atom. The Balaban J connectivity index is 2.04. The van der Waals surface area contributed by atoms with E-state index in [4.69, 9.17) is 25.8 Å². The Morgan fingerprint density at radius 3 is 1.93 bits per heavy atom. The monoisotopic (exact) mass is 666 g/mol. The highest BCUT2D eigenvalue weighted by atomic mass is 35.5. The van der Waals surface area contributed by atoms with Crippen molar-refractivity contribution >= 4 is 55.0 Å². The quantitative estimate of drug-likeness (QED) is 0.133. The van der Waals surface area contributed by atoms with E-state index >= 15 is 0 Å². The zero-order valence-corrected chi connectivity index (χ0v) is 29.7. The fourth-order valence-electron chi connectivity index (χ4n) is 4.22. The molecule has 0 atom stereocenters. The van der Waals surface area contributed by atoms with Gasteiger partial charge in [-0.1, -0.05) is 55.5 Å². The van der Waals surface area contributed by atoms with Crippen molar-refractivity contribution in [2.24, 2.45) is 0 Å². The molecule has 0 aliphatic rings. The van der Waals surface area contributed by atoms with Crippen LogP contribution in [0.2, 0.25) is 30.7 Å². The topological polar surface area (TPSA) is 120 Å². The molecule has 0 saturated carbocycles. The summed E-state index contributed by atoms with van der Waals surface area (Å²) in [4.78, 5) is 52.8. The van der Waals surface area contributed by atoms with Crippen molar-refractivity contribution in [1.82, 2.24) is 0 Å². The van der Waals surface area contributed by atoms with Gasteiger partial charge in [-0.3, -0.25) is 10.1 Å². The SMILES string of the molecule is CC(C)(C)OC(=O)Nc1ccccc1NC(=O)c1cccc(Cl)c1-c1ccc(C(=O)OCC[Si](C)(C)C)cc1C(=O)OC(C)(C)C. The molecular weight excluding hydrogens is 624 g/mol. The van der Waals surface area contributed by atoms with E-state index in [1.54, 1.807) is 90.1 Å². The Kier molecular flexibility index (Phi) is 11.5. The Bertz CT molecular complexity index is 1620.